The molecule has 0 spiro atoms. The second-order valence-electron chi connectivity index (χ2n) is 2.29. The molecule has 0 bridgehead atoms. The average molecular weight is 271 g/mol. The summed E-state index contributed by atoms with van der Waals surface area (Å²) >= 11 is 16.3. The number of aromatic nitrogens is 1. The number of carboxylic acid groups (broad SMARTS) is 1. The van der Waals surface area contributed by atoms with Crippen LogP contribution in [0.3, 0.4) is 0 Å². The highest BCUT2D eigenvalue weighted by molar-refractivity contribution is 6.42. The number of carbonyl (C=O) groups is 1. The maximum absolute atomic E-state index is 10.7. The molecule has 0 saturated carbocycles. The van der Waals surface area contributed by atoms with E-state index in [0.717, 1.165) is 0 Å². The van der Waals surface area contributed by atoms with E-state index in [-0.39, 0.29) is 0 Å². The summed E-state index contributed by atoms with van der Waals surface area (Å²) in [5.74, 6) is -1.52. The molecule has 0 aliphatic carbocycles. The van der Waals surface area contributed by atoms with E-state index in [2.05, 4.69) is 4.98 Å². The summed E-state index contributed by atoms with van der Waals surface area (Å²) in [6.45, 7) is 0. The van der Waals surface area contributed by atoms with Gasteiger partial charge in [0.05, 0.1) is 4.92 Å². The third-order valence-electron chi connectivity index (χ3n) is 1.42. The van der Waals surface area contributed by atoms with Crippen LogP contribution in [0.2, 0.25) is 15.3 Å². The van der Waals surface area contributed by atoms with E-state index in [9.17, 15) is 14.9 Å². The van der Waals surface area contributed by atoms with Crippen molar-refractivity contribution < 1.29 is 14.8 Å². The van der Waals surface area contributed by atoms with Crippen molar-refractivity contribution in [2.24, 2.45) is 0 Å². The molecule has 0 radical (unpaired) electrons. The fourth-order valence-corrected chi connectivity index (χ4v) is 1.81. The highest BCUT2D eigenvalue weighted by Gasteiger charge is 2.28. The van der Waals surface area contributed by atoms with Gasteiger partial charge in [0, 0.05) is 0 Å². The Labute approximate surface area is 97.5 Å². The minimum atomic E-state index is -1.52. The Balaban J connectivity index is 3.64. The number of pyridine rings is 1. The van der Waals surface area contributed by atoms with Crippen LogP contribution in [0.1, 0.15) is 10.4 Å². The van der Waals surface area contributed by atoms with Crippen LogP contribution < -0.4 is 0 Å². The lowest BCUT2D eigenvalue weighted by molar-refractivity contribution is -0.384. The van der Waals surface area contributed by atoms with Gasteiger partial charge in [-0.25, -0.2) is 9.78 Å². The zero-order chi connectivity index (χ0) is 11.7. The van der Waals surface area contributed by atoms with Crippen molar-refractivity contribution in [2.45, 2.75) is 0 Å². The van der Waals surface area contributed by atoms with Gasteiger partial charge in [-0.1, -0.05) is 34.8 Å². The van der Waals surface area contributed by atoms with Crippen molar-refractivity contribution in [1.29, 1.82) is 0 Å². The second-order valence-corrected chi connectivity index (χ2v) is 3.39. The van der Waals surface area contributed by atoms with Crippen molar-refractivity contribution in [3.63, 3.8) is 0 Å². The Morgan fingerprint density at radius 2 is 1.87 bits per heavy atom. The molecule has 1 rings (SSSR count). The summed E-state index contributed by atoms with van der Waals surface area (Å²) in [6.07, 6.45) is 0. The van der Waals surface area contributed by atoms with E-state index in [1.807, 2.05) is 0 Å². The van der Waals surface area contributed by atoms with Crippen LogP contribution >= 0.6 is 34.8 Å². The lowest BCUT2D eigenvalue weighted by Gasteiger charge is -2.03. The quantitative estimate of drug-likeness (QED) is 0.507. The van der Waals surface area contributed by atoms with Crippen LogP contribution in [-0.4, -0.2) is 21.0 Å². The van der Waals surface area contributed by atoms with Gasteiger partial charge in [-0.05, 0) is 0 Å². The van der Waals surface area contributed by atoms with Crippen molar-refractivity contribution in [2.75, 3.05) is 0 Å². The van der Waals surface area contributed by atoms with Crippen molar-refractivity contribution in [3.05, 3.63) is 31.0 Å². The normalized spacial score (nSPS) is 10.1. The van der Waals surface area contributed by atoms with E-state index in [0.29, 0.717) is 0 Å². The molecular formula is C6HCl3N2O4. The predicted octanol–water partition coefficient (Wildman–Crippen LogP) is 2.65. The molecule has 0 fully saturated rings. The average Bonchev–Trinajstić information content (AvgIpc) is 1.99. The van der Waals surface area contributed by atoms with Gasteiger partial charge in [0.1, 0.15) is 15.7 Å². The maximum Gasteiger partial charge on any atom is 0.340 e. The molecule has 0 atom stereocenters. The number of nitro groups is 1. The number of hydrogen-bond donors (Lipinski definition) is 1. The predicted molar refractivity (Wildman–Crippen MR) is 52.9 cm³/mol. The Bertz CT molecular complexity index is 424. The highest BCUT2D eigenvalue weighted by Crippen LogP contribution is 2.36. The Hall–Kier alpha value is -1.11. The summed E-state index contributed by atoms with van der Waals surface area (Å²) in [5.41, 5.74) is -1.42. The molecule has 80 valence electrons. The molecule has 1 N–H and O–H groups in total. The van der Waals surface area contributed by atoms with Crippen molar-refractivity contribution >= 4 is 46.5 Å². The zero-order valence-electron chi connectivity index (χ0n) is 6.70. The van der Waals surface area contributed by atoms with Gasteiger partial charge >= 0.3 is 11.7 Å². The molecule has 6 nitrogen and oxygen atoms in total. The number of rotatable bonds is 2. The van der Waals surface area contributed by atoms with Gasteiger partial charge in [-0.15, -0.1) is 0 Å². The zero-order valence-corrected chi connectivity index (χ0v) is 8.97. The van der Waals surface area contributed by atoms with Crippen LogP contribution in [0.15, 0.2) is 0 Å². The number of aromatic carboxylic acids is 1. The number of halogens is 3. The molecule has 1 heterocycles. The first-order valence-electron chi connectivity index (χ1n) is 3.28. The fraction of sp³-hybridized carbons (Fsp3) is 0. The Morgan fingerprint density at radius 1 is 1.33 bits per heavy atom. The van der Waals surface area contributed by atoms with Crippen molar-refractivity contribution in [3.8, 4) is 0 Å². The number of carboxylic acids is 1. The first-order chi connectivity index (χ1) is 6.86. The first kappa shape index (κ1) is 12.0. The SMILES string of the molecule is O=C(O)c1c(Cl)nc(Cl)c([N+](=O)[O-])c1Cl. The topological polar surface area (TPSA) is 93.3 Å². The molecule has 1 aromatic heterocycles. The van der Waals surface area contributed by atoms with Crippen LogP contribution in [0.4, 0.5) is 5.69 Å². The van der Waals surface area contributed by atoms with Crippen LogP contribution in [0.5, 0.6) is 0 Å². The number of hydrogen-bond acceptors (Lipinski definition) is 4. The van der Waals surface area contributed by atoms with Gasteiger partial charge in [0.25, 0.3) is 0 Å². The molecule has 15 heavy (non-hydrogen) atoms. The van der Waals surface area contributed by atoms with Gasteiger partial charge in [-0.3, -0.25) is 10.1 Å². The molecule has 1 aromatic rings. The largest absolute Gasteiger partial charge is 0.478 e. The summed E-state index contributed by atoms with van der Waals surface area (Å²) in [6, 6.07) is 0. The maximum atomic E-state index is 10.7. The summed E-state index contributed by atoms with van der Waals surface area (Å²) in [4.78, 5) is 23.5. The smallest absolute Gasteiger partial charge is 0.340 e. The third-order valence-corrected chi connectivity index (χ3v) is 2.33. The van der Waals surface area contributed by atoms with E-state index >= 15 is 0 Å². The molecule has 0 aliphatic rings. The minimum absolute atomic E-state index is 0.497. The summed E-state index contributed by atoms with van der Waals surface area (Å²) < 4.78 is 0. The molecule has 0 amide bonds. The highest BCUT2D eigenvalue weighted by atomic mass is 35.5. The standard InChI is InChI=1S/C6HCl3N2O4/c7-2-1(6(12)13)4(8)10-5(9)3(2)11(14)15/h(H,12,13). The van der Waals surface area contributed by atoms with Gasteiger partial charge < -0.3 is 5.11 Å². The van der Waals surface area contributed by atoms with Gasteiger partial charge in [-0.2, -0.15) is 0 Å². The van der Waals surface area contributed by atoms with Crippen LogP contribution in [-0.2, 0) is 0 Å². The molecule has 0 aromatic carbocycles. The van der Waals surface area contributed by atoms with Crippen LogP contribution in [0, 0.1) is 10.1 Å². The monoisotopic (exact) mass is 270 g/mol. The Morgan fingerprint density at radius 3 is 2.27 bits per heavy atom. The second kappa shape index (κ2) is 4.18. The molecule has 0 saturated heterocycles. The van der Waals surface area contributed by atoms with E-state index in [1.54, 1.807) is 0 Å². The number of nitrogens with zero attached hydrogens (tertiary/aromatic N) is 2. The summed E-state index contributed by atoms with van der Waals surface area (Å²) in [5, 5.41) is 17.5. The fourth-order valence-electron chi connectivity index (χ4n) is 0.832. The van der Waals surface area contributed by atoms with Gasteiger partial charge in [0.15, 0.2) is 0 Å². The lowest BCUT2D eigenvalue weighted by atomic mass is 10.2. The molecule has 0 unspecified atom stereocenters. The third kappa shape index (κ3) is 2.11. The van der Waals surface area contributed by atoms with Crippen LogP contribution in [0.25, 0.3) is 0 Å². The molecular weight excluding hydrogens is 270 g/mol. The van der Waals surface area contributed by atoms with E-state index < -0.39 is 37.5 Å². The molecule has 0 aliphatic heterocycles. The molecule has 9 heteroatoms. The van der Waals surface area contributed by atoms with Crippen molar-refractivity contribution in [1.82, 2.24) is 4.98 Å². The van der Waals surface area contributed by atoms with E-state index in [4.69, 9.17) is 39.9 Å². The first-order valence-corrected chi connectivity index (χ1v) is 4.41. The minimum Gasteiger partial charge on any atom is -0.478 e. The Kier molecular flexibility index (Phi) is 3.33. The summed E-state index contributed by atoms with van der Waals surface area (Å²) in [7, 11) is 0. The lowest BCUT2D eigenvalue weighted by Crippen LogP contribution is -2.04. The van der Waals surface area contributed by atoms with E-state index in [1.165, 1.54) is 0 Å². The van der Waals surface area contributed by atoms with Gasteiger partial charge in [0.2, 0.25) is 5.15 Å².